The third-order valence-electron chi connectivity index (χ3n) is 3.06. The molecule has 1 aromatic heterocycles. The van der Waals surface area contributed by atoms with E-state index in [2.05, 4.69) is 0 Å². The summed E-state index contributed by atoms with van der Waals surface area (Å²) in [6.07, 6.45) is -0.216. The van der Waals surface area contributed by atoms with Crippen LogP contribution in [0.2, 0.25) is 0 Å². The van der Waals surface area contributed by atoms with Gasteiger partial charge < -0.3 is 19.9 Å². The zero-order valence-electron chi connectivity index (χ0n) is 13.0. The number of methoxy groups -OCH3 is 2. The van der Waals surface area contributed by atoms with Crippen molar-refractivity contribution in [2.75, 3.05) is 20.0 Å². The van der Waals surface area contributed by atoms with Crippen LogP contribution in [0, 0.1) is 0 Å². The summed E-state index contributed by atoms with van der Waals surface area (Å²) in [5, 5.41) is 2.24. The second-order valence-corrected chi connectivity index (χ2v) is 5.82. The lowest BCUT2D eigenvalue weighted by Crippen LogP contribution is -2.13. The molecule has 1 heterocycles. The summed E-state index contributed by atoms with van der Waals surface area (Å²) in [7, 11) is 3.16. The maximum Gasteiger partial charge on any atom is 0.342 e. The Hall–Kier alpha value is -2.21. The largest absolute Gasteiger partial charge is 0.497 e. The number of hydrogen-bond acceptors (Lipinski definition) is 6. The number of esters is 1. The van der Waals surface area contributed by atoms with E-state index in [0.29, 0.717) is 27.6 Å². The van der Waals surface area contributed by atoms with E-state index in [9.17, 15) is 4.79 Å². The van der Waals surface area contributed by atoms with Gasteiger partial charge in [-0.25, -0.2) is 4.79 Å². The molecule has 0 aliphatic carbocycles. The third kappa shape index (κ3) is 3.17. The lowest BCUT2D eigenvalue weighted by Gasteiger charge is -2.13. The predicted molar refractivity (Wildman–Crippen MR) is 87.8 cm³/mol. The Labute approximate surface area is 133 Å². The van der Waals surface area contributed by atoms with E-state index >= 15 is 0 Å². The summed E-state index contributed by atoms with van der Waals surface area (Å²) in [6, 6.07) is 5.40. The van der Waals surface area contributed by atoms with Gasteiger partial charge in [-0.2, -0.15) is 0 Å². The van der Waals surface area contributed by atoms with Gasteiger partial charge in [-0.05, 0) is 32.0 Å². The zero-order chi connectivity index (χ0) is 16.3. The van der Waals surface area contributed by atoms with Crippen molar-refractivity contribution in [3.8, 4) is 22.6 Å². The van der Waals surface area contributed by atoms with Crippen molar-refractivity contribution in [3.63, 3.8) is 0 Å². The average molecular weight is 321 g/mol. The summed E-state index contributed by atoms with van der Waals surface area (Å²) >= 11 is 1.29. The van der Waals surface area contributed by atoms with Crippen LogP contribution in [0.25, 0.3) is 11.1 Å². The Kier molecular flexibility index (Phi) is 4.92. The summed E-state index contributed by atoms with van der Waals surface area (Å²) in [6.45, 7) is 3.60. The van der Waals surface area contributed by atoms with Crippen LogP contribution in [-0.4, -0.2) is 26.3 Å². The van der Waals surface area contributed by atoms with Crippen LogP contribution in [0.3, 0.4) is 0 Å². The molecule has 1 aromatic carbocycles. The molecule has 2 N–H and O–H groups in total. The number of hydrogen-bond donors (Lipinski definition) is 1. The summed E-state index contributed by atoms with van der Waals surface area (Å²) in [5.74, 6) is 0.870. The van der Waals surface area contributed by atoms with Crippen molar-refractivity contribution in [2.24, 2.45) is 0 Å². The maximum atomic E-state index is 12.3. The molecule has 0 aliphatic heterocycles. The summed E-state index contributed by atoms with van der Waals surface area (Å²) < 4.78 is 15.9. The molecule has 0 bridgehead atoms. The Morgan fingerprint density at radius 2 is 1.91 bits per heavy atom. The predicted octanol–water partition coefficient (Wildman–Crippen LogP) is 3.58. The topological polar surface area (TPSA) is 70.8 Å². The normalized spacial score (nSPS) is 10.6. The van der Waals surface area contributed by atoms with E-state index in [1.54, 1.807) is 40.2 Å². The van der Waals surface area contributed by atoms with Crippen molar-refractivity contribution < 1.29 is 19.0 Å². The van der Waals surface area contributed by atoms with Crippen LogP contribution < -0.4 is 15.2 Å². The van der Waals surface area contributed by atoms with Crippen LogP contribution in [0.4, 0.5) is 5.00 Å². The molecule has 0 saturated carbocycles. The monoisotopic (exact) mass is 321 g/mol. The fourth-order valence-electron chi connectivity index (χ4n) is 2.08. The molecule has 0 radical (unpaired) electrons. The molecule has 5 nitrogen and oxygen atoms in total. The lowest BCUT2D eigenvalue weighted by atomic mass is 10.0. The van der Waals surface area contributed by atoms with E-state index in [1.807, 2.05) is 11.4 Å². The minimum Gasteiger partial charge on any atom is -0.497 e. The Morgan fingerprint density at radius 3 is 2.50 bits per heavy atom. The molecule has 0 unspecified atom stereocenters. The molecule has 2 rings (SSSR count). The minimum absolute atomic E-state index is 0.216. The smallest absolute Gasteiger partial charge is 0.342 e. The highest BCUT2D eigenvalue weighted by Gasteiger charge is 2.23. The van der Waals surface area contributed by atoms with Crippen molar-refractivity contribution in [1.82, 2.24) is 0 Å². The standard InChI is InChI=1S/C16H19NO4S/c1-9(2)21-16(18)14-12(8-22-15(14)17)11-7-10(19-3)5-6-13(11)20-4/h5-9H,17H2,1-4H3. The molecule has 0 amide bonds. The molecule has 22 heavy (non-hydrogen) atoms. The molecular weight excluding hydrogens is 302 g/mol. The molecule has 0 atom stereocenters. The van der Waals surface area contributed by atoms with Gasteiger partial charge >= 0.3 is 5.97 Å². The minimum atomic E-state index is -0.436. The highest BCUT2D eigenvalue weighted by Crippen LogP contribution is 2.40. The van der Waals surface area contributed by atoms with Crippen molar-refractivity contribution >= 4 is 22.3 Å². The molecular formula is C16H19NO4S. The first-order valence-electron chi connectivity index (χ1n) is 6.78. The van der Waals surface area contributed by atoms with Gasteiger partial charge in [-0.3, -0.25) is 0 Å². The number of rotatable bonds is 5. The van der Waals surface area contributed by atoms with E-state index < -0.39 is 5.97 Å². The van der Waals surface area contributed by atoms with Gasteiger partial charge in [0.15, 0.2) is 0 Å². The highest BCUT2D eigenvalue weighted by atomic mass is 32.1. The van der Waals surface area contributed by atoms with Crippen LogP contribution in [-0.2, 0) is 4.74 Å². The zero-order valence-corrected chi connectivity index (χ0v) is 13.8. The Morgan fingerprint density at radius 1 is 1.18 bits per heavy atom. The molecule has 0 saturated heterocycles. The van der Waals surface area contributed by atoms with Crippen LogP contribution in [0.1, 0.15) is 24.2 Å². The number of thiophene rings is 1. The van der Waals surface area contributed by atoms with E-state index in [4.69, 9.17) is 19.9 Å². The number of benzene rings is 1. The number of ether oxygens (including phenoxy) is 3. The van der Waals surface area contributed by atoms with E-state index in [1.165, 1.54) is 11.3 Å². The lowest BCUT2D eigenvalue weighted by molar-refractivity contribution is 0.0380. The molecule has 0 spiro atoms. The number of nitrogens with two attached hydrogens (primary N) is 1. The van der Waals surface area contributed by atoms with Gasteiger partial charge in [0.1, 0.15) is 22.1 Å². The van der Waals surface area contributed by atoms with E-state index in [-0.39, 0.29) is 6.10 Å². The quantitative estimate of drug-likeness (QED) is 0.852. The van der Waals surface area contributed by atoms with Gasteiger partial charge in [0, 0.05) is 16.5 Å². The highest BCUT2D eigenvalue weighted by molar-refractivity contribution is 7.15. The number of carbonyl (C=O) groups excluding carboxylic acids is 1. The van der Waals surface area contributed by atoms with Gasteiger partial charge in [-0.15, -0.1) is 11.3 Å². The van der Waals surface area contributed by atoms with Crippen LogP contribution in [0.15, 0.2) is 23.6 Å². The summed E-state index contributed by atoms with van der Waals surface area (Å²) in [4.78, 5) is 12.3. The average Bonchev–Trinajstić information content (AvgIpc) is 2.87. The molecule has 6 heteroatoms. The van der Waals surface area contributed by atoms with Gasteiger partial charge in [0.25, 0.3) is 0 Å². The first kappa shape index (κ1) is 16.2. The van der Waals surface area contributed by atoms with E-state index in [0.717, 1.165) is 5.56 Å². The molecule has 118 valence electrons. The summed E-state index contributed by atoms with van der Waals surface area (Å²) in [5.41, 5.74) is 7.75. The molecule has 0 aliphatic rings. The van der Waals surface area contributed by atoms with Crippen molar-refractivity contribution in [2.45, 2.75) is 20.0 Å². The SMILES string of the molecule is COc1ccc(OC)c(-c2csc(N)c2C(=O)OC(C)C)c1. The number of nitrogen functional groups attached to an aromatic ring is 1. The first-order valence-corrected chi connectivity index (χ1v) is 7.66. The number of carbonyl (C=O) groups is 1. The second kappa shape index (κ2) is 6.70. The van der Waals surface area contributed by atoms with Crippen LogP contribution >= 0.6 is 11.3 Å². The van der Waals surface area contributed by atoms with Crippen molar-refractivity contribution in [1.29, 1.82) is 0 Å². The van der Waals surface area contributed by atoms with Gasteiger partial charge in [-0.1, -0.05) is 0 Å². The fraction of sp³-hybridized carbons (Fsp3) is 0.312. The molecule has 0 fully saturated rings. The maximum absolute atomic E-state index is 12.3. The van der Waals surface area contributed by atoms with Crippen molar-refractivity contribution in [3.05, 3.63) is 29.1 Å². The van der Waals surface area contributed by atoms with Crippen LogP contribution in [0.5, 0.6) is 11.5 Å². The van der Waals surface area contributed by atoms with Gasteiger partial charge in [0.05, 0.1) is 20.3 Å². The van der Waals surface area contributed by atoms with Gasteiger partial charge in [0.2, 0.25) is 0 Å². The Bertz CT molecular complexity index is 679. The Balaban J connectivity index is 2.56. The molecule has 2 aromatic rings. The second-order valence-electron chi connectivity index (χ2n) is 4.91. The number of anilines is 1. The third-order valence-corrected chi connectivity index (χ3v) is 3.87. The fourth-order valence-corrected chi connectivity index (χ4v) is 2.88. The first-order chi connectivity index (χ1) is 10.5.